The van der Waals surface area contributed by atoms with Crippen molar-refractivity contribution in [3.05, 3.63) is 63.1 Å². The van der Waals surface area contributed by atoms with Gasteiger partial charge in [0, 0.05) is 16.0 Å². The summed E-state index contributed by atoms with van der Waals surface area (Å²) in [6.45, 7) is -0.162. The highest BCUT2D eigenvalue weighted by Gasteiger charge is 2.14. The average molecular weight is 399 g/mol. The summed E-state index contributed by atoms with van der Waals surface area (Å²) in [4.78, 5) is 23.5. The van der Waals surface area contributed by atoms with Crippen LogP contribution in [0.2, 0.25) is 5.02 Å². The quantitative estimate of drug-likeness (QED) is 0.758. The van der Waals surface area contributed by atoms with Gasteiger partial charge < -0.3 is 15.2 Å². The zero-order valence-corrected chi connectivity index (χ0v) is 14.2. The second-order valence-electron chi connectivity index (χ2n) is 4.64. The summed E-state index contributed by atoms with van der Waals surface area (Å²) in [7, 11) is 0. The molecule has 0 radical (unpaired) electrons. The van der Waals surface area contributed by atoms with Gasteiger partial charge in [-0.3, -0.25) is 4.79 Å². The first-order chi connectivity index (χ1) is 11.0. The normalized spacial score (nSPS) is 10.2. The molecular formula is C16H13BrClNO4. The van der Waals surface area contributed by atoms with E-state index in [4.69, 9.17) is 16.3 Å². The Hall–Kier alpha value is -2.05. The minimum Gasteiger partial charge on any atom is -0.507 e. The van der Waals surface area contributed by atoms with Crippen molar-refractivity contribution in [1.82, 2.24) is 5.32 Å². The number of benzene rings is 2. The Labute approximate surface area is 146 Å². The predicted octanol–water partition coefficient (Wildman–Crippen LogP) is 3.28. The summed E-state index contributed by atoms with van der Waals surface area (Å²) in [6, 6.07) is 11.4. The summed E-state index contributed by atoms with van der Waals surface area (Å²) in [5.41, 5.74) is 0.823. The van der Waals surface area contributed by atoms with Crippen molar-refractivity contribution in [2.45, 2.75) is 6.54 Å². The molecule has 5 nitrogen and oxygen atoms in total. The van der Waals surface area contributed by atoms with Gasteiger partial charge in [-0.15, -0.1) is 0 Å². The van der Waals surface area contributed by atoms with Gasteiger partial charge in [0.05, 0.1) is 0 Å². The summed E-state index contributed by atoms with van der Waals surface area (Å²) in [5, 5.41) is 12.8. The maximum absolute atomic E-state index is 11.8. The second-order valence-corrected chi connectivity index (χ2v) is 6.00. The van der Waals surface area contributed by atoms with Crippen LogP contribution < -0.4 is 5.32 Å². The van der Waals surface area contributed by atoms with Crippen LogP contribution >= 0.6 is 27.5 Å². The van der Waals surface area contributed by atoms with Crippen molar-refractivity contribution in [3.63, 3.8) is 0 Å². The zero-order chi connectivity index (χ0) is 16.8. The molecule has 0 aliphatic rings. The van der Waals surface area contributed by atoms with Gasteiger partial charge in [0.1, 0.15) is 11.3 Å². The molecule has 0 atom stereocenters. The lowest BCUT2D eigenvalue weighted by atomic mass is 10.2. The fraction of sp³-hybridized carbons (Fsp3) is 0.125. The van der Waals surface area contributed by atoms with Crippen molar-refractivity contribution in [2.24, 2.45) is 0 Å². The number of amides is 1. The number of carbonyl (C=O) groups excluding carboxylic acids is 2. The molecule has 120 valence electrons. The van der Waals surface area contributed by atoms with Gasteiger partial charge >= 0.3 is 5.97 Å². The molecule has 0 aliphatic carbocycles. The Morgan fingerprint density at radius 1 is 1.22 bits per heavy atom. The van der Waals surface area contributed by atoms with Gasteiger partial charge in [-0.1, -0.05) is 39.7 Å². The van der Waals surface area contributed by atoms with E-state index >= 15 is 0 Å². The molecule has 2 rings (SSSR count). The van der Waals surface area contributed by atoms with E-state index in [0.29, 0.717) is 9.50 Å². The largest absolute Gasteiger partial charge is 0.507 e. The summed E-state index contributed by atoms with van der Waals surface area (Å²) >= 11 is 9.04. The van der Waals surface area contributed by atoms with Crippen LogP contribution in [0.5, 0.6) is 5.75 Å². The second kappa shape index (κ2) is 7.99. The topological polar surface area (TPSA) is 75.6 Å². The first-order valence-electron chi connectivity index (χ1n) is 6.62. The number of aromatic hydroxyl groups is 1. The highest BCUT2D eigenvalue weighted by molar-refractivity contribution is 9.10. The van der Waals surface area contributed by atoms with Crippen molar-refractivity contribution >= 4 is 39.4 Å². The maximum Gasteiger partial charge on any atom is 0.342 e. The minimum atomic E-state index is -0.776. The summed E-state index contributed by atoms with van der Waals surface area (Å²) < 4.78 is 5.50. The van der Waals surface area contributed by atoms with Crippen molar-refractivity contribution < 1.29 is 19.4 Å². The molecule has 1 amide bonds. The maximum atomic E-state index is 11.8. The van der Waals surface area contributed by atoms with Crippen LogP contribution in [-0.2, 0) is 16.1 Å². The monoisotopic (exact) mass is 397 g/mol. The van der Waals surface area contributed by atoms with Crippen LogP contribution in [0.1, 0.15) is 15.9 Å². The molecule has 0 heterocycles. The number of rotatable bonds is 5. The molecule has 0 aliphatic heterocycles. The fourth-order valence-corrected chi connectivity index (χ4v) is 2.35. The number of hydrogen-bond donors (Lipinski definition) is 2. The van der Waals surface area contributed by atoms with Crippen LogP contribution in [0.25, 0.3) is 0 Å². The van der Waals surface area contributed by atoms with Crippen LogP contribution in [0.3, 0.4) is 0 Å². The predicted molar refractivity (Wildman–Crippen MR) is 89.4 cm³/mol. The number of halogens is 2. The van der Waals surface area contributed by atoms with Crippen LogP contribution in [0, 0.1) is 0 Å². The van der Waals surface area contributed by atoms with Gasteiger partial charge in [0.2, 0.25) is 0 Å². The minimum absolute atomic E-state index is 0.0120. The average Bonchev–Trinajstić information content (AvgIpc) is 2.53. The number of ether oxygens (including phenoxy) is 1. The number of phenols is 1. The first-order valence-corrected chi connectivity index (χ1v) is 7.79. The van der Waals surface area contributed by atoms with Crippen molar-refractivity contribution in [1.29, 1.82) is 0 Å². The van der Waals surface area contributed by atoms with Gasteiger partial charge in [0.25, 0.3) is 5.91 Å². The van der Waals surface area contributed by atoms with Crippen LogP contribution in [0.15, 0.2) is 46.9 Å². The smallest absolute Gasteiger partial charge is 0.342 e. The third-order valence-electron chi connectivity index (χ3n) is 2.89. The highest BCUT2D eigenvalue weighted by Crippen LogP contribution is 2.22. The summed E-state index contributed by atoms with van der Waals surface area (Å²) in [6.07, 6.45) is 0. The van der Waals surface area contributed by atoms with E-state index in [1.165, 1.54) is 12.1 Å². The molecule has 2 N–H and O–H groups in total. The van der Waals surface area contributed by atoms with E-state index in [-0.39, 0.29) is 17.9 Å². The van der Waals surface area contributed by atoms with E-state index in [2.05, 4.69) is 21.2 Å². The Balaban J connectivity index is 1.84. The lowest BCUT2D eigenvalue weighted by molar-refractivity contribution is -0.124. The Bertz CT molecular complexity index is 736. The molecule has 0 aromatic heterocycles. The Morgan fingerprint density at radius 3 is 2.74 bits per heavy atom. The lowest BCUT2D eigenvalue weighted by Gasteiger charge is -2.08. The Kier molecular flexibility index (Phi) is 6.01. The van der Waals surface area contributed by atoms with Gasteiger partial charge in [-0.25, -0.2) is 4.79 Å². The highest BCUT2D eigenvalue weighted by atomic mass is 79.9. The Morgan fingerprint density at radius 2 is 2.00 bits per heavy atom. The molecule has 0 bridgehead atoms. The first kappa shape index (κ1) is 17.3. The number of carbonyl (C=O) groups is 2. The number of esters is 1. The third-order valence-corrected chi connectivity index (χ3v) is 3.62. The van der Waals surface area contributed by atoms with E-state index in [9.17, 15) is 14.7 Å². The van der Waals surface area contributed by atoms with E-state index in [0.717, 1.165) is 5.56 Å². The van der Waals surface area contributed by atoms with Crippen molar-refractivity contribution in [2.75, 3.05) is 6.61 Å². The molecule has 23 heavy (non-hydrogen) atoms. The third kappa shape index (κ3) is 5.26. The number of phenolic OH excluding ortho intramolecular Hbond substituents is 1. The standard InChI is InChI=1S/C16H13BrClNO4/c17-11-4-5-14(20)13(7-11)16(22)23-9-15(21)19-8-10-2-1-3-12(18)6-10/h1-7,20H,8-9H2,(H,19,21). The number of hydrogen-bond acceptors (Lipinski definition) is 4. The number of nitrogens with one attached hydrogen (secondary N) is 1. The molecule has 0 fully saturated rings. The van der Waals surface area contributed by atoms with Gasteiger partial charge in [-0.2, -0.15) is 0 Å². The molecule has 0 saturated heterocycles. The summed E-state index contributed by atoms with van der Waals surface area (Å²) in [5.74, 6) is -1.44. The zero-order valence-electron chi connectivity index (χ0n) is 11.9. The van der Waals surface area contributed by atoms with Gasteiger partial charge in [-0.05, 0) is 35.9 Å². The molecule has 0 spiro atoms. The molecule has 2 aromatic rings. The molecule has 2 aromatic carbocycles. The SMILES string of the molecule is O=C(COC(=O)c1cc(Br)ccc1O)NCc1cccc(Cl)c1. The van der Waals surface area contributed by atoms with Crippen LogP contribution in [0.4, 0.5) is 0 Å². The molecule has 0 unspecified atom stereocenters. The van der Waals surface area contributed by atoms with Gasteiger partial charge in [0.15, 0.2) is 6.61 Å². The molecule has 0 saturated carbocycles. The lowest BCUT2D eigenvalue weighted by Crippen LogP contribution is -2.28. The van der Waals surface area contributed by atoms with E-state index in [1.807, 2.05) is 6.07 Å². The van der Waals surface area contributed by atoms with E-state index < -0.39 is 18.5 Å². The van der Waals surface area contributed by atoms with Crippen LogP contribution in [-0.4, -0.2) is 23.6 Å². The van der Waals surface area contributed by atoms with E-state index in [1.54, 1.807) is 24.3 Å². The molecule has 7 heteroatoms. The molecular weight excluding hydrogens is 386 g/mol. The fourth-order valence-electron chi connectivity index (χ4n) is 1.78. The van der Waals surface area contributed by atoms with Crippen molar-refractivity contribution in [3.8, 4) is 5.75 Å².